The number of hydrogen-bond acceptors (Lipinski definition) is 4. The zero-order valence-corrected chi connectivity index (χ0v) is 10.8. The van der Waals surface area contributed by atoms with Crippen molar-refractivity contribution in [3.63, 3.8) is 0 Å². The quantitative estimate of drug-likeness (QED) is 0.709. The molecule has 17 heavy (non-hydrogen) atoms. The van der Waals surface area contributed by atoms with Gasteiger partial charge in [-0.2, -0.15) is 0 Å². The van der Waals surface area contributed by atoms with Crippen LogP contribution in [0.4, 0.5) is 0 Å². The molecule has 2 heterocycles. The minimum Gasteiger partial charge on any atom is -0.378 e. The Morgan fingerprint density at radius 3 is 2.53 bits per heavy atom. The van der Waals surface area contributed by atoms with Crippen LogP contribution >= 0.6 is 0 Å². The standard InChI is InChI=1S/C12H23N3O2/c1-9-7-15(8-11(9)13)10(2)12(16)14-3-5-17-6-4-14/h9-11H,3-8,13H2,1-2H3. The topological polar surface area (TPSA) is 58.8 Å². The van der Waals surface area contributed by atoms with E-state index in [1.807, 2.05) is 11.8 Å². The molecule has 2 fully saturated rings. The van der Waals surface area contributed by atoms with Crippen molar-refractivity contribution in [2.24, 2.45) is 11.7 Å². The maximum absolute atomic E-state index is 12.3. The molecular weight excluding hydrogens is 218 g/mol. The Hall–Kier alpha value is -0.650. The molecule has 2 aliphatic rings. The lowest BCUT2D eigenvalue weighted by Crippen LogP contribution is -2.50. The average Bonchev–Trinajstić information content (AvgIpc) is 2.69. The van der Waals surface area contributed by atoms with Crippen LogP contribution in [0.2, 0.25) is 0 Å². The van der Waals surface area contributed by atoms with Gasteiger partial charge in [0.2, 0.25) is 5.91 Å². The van der Waals surface area contributed by atoms with Crippen molar-refractivity contribution in [3.05, 3.63) is 0 Å². The van der Waals surface area contributed by atoms with Gasteiger partial charge in [-0.05, 0) is 12.8 Å². The van der Waals surface area contributed by atoms with Gasteiger partial charge in [0, 0.05) is 32.2 Å². The summed E-state index contributed by atoms with van der Waals surface area (Å²) in [5.74, 6) is 0.699. The van der Waals surface area contributed by atoms with E-state index in [0.717, 1.165) is 26.2 Å². The Balaban J connectivity index is 1.90. The molecule has 0 spiro atoms. The first kappa shape index (κ1) is 12.8. The Kier molecular flexibility index (Phi) is 4.01. The number of likely N-dealkylation sites (tertiary alicyclic amines) is 1. The van der Waals surface area contributed by atoms with Crippen molar-refractivity contribution < 1.29 is 9.53 Å². The van der Waals surface area contributed by atoms with Gasteiger partial charge in [0.1, 0.15) is 0 Å². The molecule has 1 amide bonds. The molecule has 0 aromatic rings. The van der Waals surface area contributed by atoms with Crippen LogP contribution in [0.3, 0.4) is 0 Å². The molecule has 0 aliphatic carbocycles. The number of nitrogens with two attached hydrogens (primary N) is 1. The van der Waals surface area contributed by atoms with E-state index >= 15 is 0 Å². The molecule has 5 heteroatoms. The summed E-state index contributed by atoms with van der Waals surface area (Å²) in [6.07, 6.45) is 0. The normalized spacial score (nSPS) is 32.8. The number of carbonyl (C=O) groups is 1. The van der Waals surface area contributed by atoms with Crippen LogP contribution < -0.4 is 5.73 Å². The minimum absolute atomic E-state index is 0.0518. The highest BCUT2D eigenvalue weighted by Gasteiger charge is 2.34. The van der Waals surface area contributed by atoms with Gasteiger partial charge in [-0.3, -0.25) is 9.69 Å². The van der Waals surface area contributed by atoms with E-state index in [-0.39, 0.29) is 18.0 Å². The van der Waals surface area contributed by atoms with Crippen molar-refractivity contribution >= 4 is 5.91 Å². The summed E-state index contributed by atoms with van der Waals surface area (Å²) in [4.78, 5) is 16.4. The van der Waals surface area contributed by atoms with Crippen molar-refractivity contribution in [1.29, 1.82) is 0 Å². The second kappa shape index (κ2) is 5.33. The Labute approximate surface area is 103 Å². The van der Waals surface area contributed by atoms with Crippen LogP contribution in [0.25, 0.3) is 0 Å². The molecule has 98 valence electrons. The number of rotatable bonds is 2. The van der Waals surface area contributed by atoms with E-state index < -0.39 is 0 Å². The Morgan fingerprint density at radius 2 is 2.00 bits per heavy atom. The first-order valence-electron chi connectivity index (χ1n) is 6.45. The zero-order valence-electron chi connectivity index (χ0n) is 10.8. The lowest BCUT2D eigenvalue weighted by molar-refractivity contribution is -0.140. The van der Waals surface area contributed by atoms with E-state index in [0.29, 0.717) is 19.1 Å². The first-order valence-corrected chi connectivity index (χ1v) is 6.45. The smallest absolute Gasteiger partial charge is 0.239 e. The molecule has 2 saturated heterocycles. The summed E-state index contributed by atoms with van der Waals surface area (Å²) in [5, 5.41) is 0. The van der Waals surface area contributed by atoms with Crippen molar-refractivity contribution in [2.75, 3.05) is 39.4 Å². The molecule has 0 radical (unpaired) electrons. The van der Waals surface area contributed by atoms with E-state index in [1.165, 1.54) is 0 Å². The van der Waals surface area contributed by atoms with Crippen LogP contribution in [0.1, 0.15) is 13.8 Å². The van der Waals surface area contributed by atoms with Crippen molar-refractivity contribution in [2.45, 2.75) is 25.9 Å². The van der Waals surface area contributed by atoms with Gasteiger partial charge < -0.3 is 15.4 Å². The molecule has 3 atom stereocenters. The number of hydrogen-bond donors (Lipinski definition) is 1. The third-order valence-electron chi connectivity index (χ3n) is 3.93. The Bertz CT molecular complexity index is 269. The largest absolute Gasteiger partial charge is 0.378 e. The summed E-state index contributed by atoms with van der Waals surface area (Å²) in [6.45, 7) is 8.66. The number of ether oxygens (including phenoxy) is 1. The third-order valence-corrected chi connectivity index (χ3v) is 3.93. The number of nitrogens with zero attached hydrogens (tertiary/aromatic N) is 2. The lowest BCUT2D eigenvalue weighted by atomic mass is 10.1. The molecular formula is C12H23N3O2. The summed E-state index contributed by atoms with van der Waals surface area (Å²) >= 11 is 0. The summed E-state index contributed by atoms with van der Waals surface area (Å²) in [7, 11) is 0. The molecule has 0 aromatic carbocycles. The molecule has 2 aliphatic heterocycles. The predicted molar refractivity (Wildman–Crippen MR) is 65.6 cm³/mol. The zero-order chi connectivity index (χ0) is 12.4. The summed E-state index contributed by atoms with van der Waals surface area (Å²) < 4.78 is 5.26. The van der Waals surface area contributed by atoms with Crippen LogP contribution in [0.15, 0.2) is 0 Å². The first-order chi connectivity index (χ1) is 8.09. The van der Waals surface area contributed by atoms with Crippen LogP contribution in [0.5, 0.6) is 0 Å². The van der Waals surface area contributed by atoms with Gasteiger partial charge in [-0.15, -0.1) is 0 Å². The van der Waals surface area contributed by atoms with Crippen molar-refractivity contribution in [3.8, 4) is 0 Å². The van der Waals surface area contributed by atoms with Crippen LogP contribution in [-0.2, 0) is 9.53 Å². The fourth-order valence-electron chi connectivity index (χ4n) is 2.55. The van der Waals surface area contributed by atoms with Gasteiger partial charge >= 0.3 is 0 Å². The highest BCUT2D eigenvalue weighted by molar-refractivity contribution is 5.81. The fraction of sp³-hybridized carbons (Fsp3) is 0.917. The second-order valence-corrected chi connectivity index (χ2v) is 5.21. The Morgan fingerprint density at radius 1 is 1.35 bits per heavy atom. The monoisotopic (exact) mass is 241 g/mol. The molecule has 0 saturated carbocycles. The minimum atomic E-state index is -0.0518. The van der Waals surface area contributed by atoms with Crippen LogP contribution in [-0.4, -0.2) is 67.2 Å². The maximum atomic E-state index is 12.3. The fourth-order valence-corrected chi connectivity index (χ4v) is 2.55. The molecule has 0 aromatic heterocycles. The highest BCUT2D eigenvalue weighted by atomic mass is 16.5. The van der Waals surface area contributed by atoms with E-state index in [9.17, 15) is 4.79 Å². The SMILES string of the molecule is CC1CN(C(C)C(=O)N2CCOCC2)CC1N. The molecule has 0 bridgehead atoms. The second-order valence-electron chi connectivity index (χ2n) is 5.21. The van der Waals surface area contributed by atoms with E-state index in [1.54, 1.807) is 0 Å². The van der Waals surface area contributed by atoms with Gasteiger partial charge in [0.25, 0.3) is 0 Å². The van der Waals surface area contributed by atoms with E-state index in [2.05, 4.69) is 11.8 Å². The van der Waals surface area contributed by atoms with Gasteiger partial charge in [-0.25, -0.2) is 0 Å². The average molecular weight is 241 g/mol. The lowest BCUT2D eigenvalue weighted by Gasteiger charge is -2.32. The predicted octanol–water partition coefficient (Wildman–Crippen LogP) is -0.487. The van der Waals surface area contributed by atoms with Gasteiger partial charge in [0.05, 0.1) is 19.3 Å². The number of carbonyl (C=O) groups excluding carboxylic acids is 1. The van der Waals surface area contributed by atoms with Crippen LogP contribution in [0, 0.1) is 5.92 Å². The molecule has 2 rings (SSSR count). The van der Waals surface area contributed by atoms with Crippen molar-refractivity contribution in [1.82, 2.24) is 9.80 Å². The van der Waals surface area contributed by atoms with Gasteiger partial charge in [0.15, 0.2) is 0 Å². The number of morpholine rings is 1. The summed E-state index contributed by atoms with van der Waals surface area (Å²) in [6, 6.07) is 0.152. The van der Waals surface area contributed by atoms with E-state index in [4.69, 9.17) is 10.5 Å². The maximum Gasteiger partial charge on any atom is 0.239 e. The third kappa shape index (κ3) is 2.78. The number of amides is 1. The molecule has 3 unspecified atom stereocenters. The highest BCUT2D eigenvalue weighted by Crippen LogP contribution is 2.18. The molecule has 2 N–H and O–H groups in total. The molecule has 5 nitrogen and oxygen atoms in total. The summed E-state index contributed by atoms with van der Waals surface area (Å²) in [5.41, 5.74) is 6.00. The van der Waals surface area contributed by atoms with Gasteiger partial charge in [-0.1, -0.05) is 6.92 Å².